The lowest BCUT2D eigenvalue weighted by atomic mass is 10.1. The average Bonchev–Trinajstić information content (AvgIpc) is 2.45. The van der Waals surface area contributed by atoms with E-state index in [4.69, 9.17) is 0 Å². The standard InChI is InChI=1S/C15H17N3O2/c1-4-14-13(8-10(2)16-17-14)15(20)18(3)11-6-5-7-12(19)9-11/h5-9,19H,4H2,1-3H3. The maximum absolute atomic E-state index is 12.6. The van der Waals surface area contributed by atoms with Crippen LogP contribution >= 0.6 is 0 Å². The summed E-state index contributed by atoms with van der Waals surface area (Å²) in [4.78, 5) is 14.1. The third-order valence-corrected chi connectivity index (χ3v) is 3.08. The molecule has 0 unspecified atom stereocenters. The first-order chi connectivity index (χ1) is 9.52. The molecular formula is C15H17N3O2. The lowest BCUT2D eigenvalue weighted by Gasteiger charge is -2.18. The van der Waals surface area contributed by atoms with Gasteiger partial charge in [-0.05, 0) is 31.5 Å². The maximum atomic E-state index is 12.6. The Balaban J connectivity index is 2.38. The Morgan fingerprint density at radius 1 is 1.30 bits per heavy atom. The fourth-order valence-electron chi connectivity index (χ4n) is 1.96. The van der Waals surface area contributed by atoms with Crippen LogP contribution < -0.4 is 4.90 Å². The van der Waals surface area contributed by atoms with Crippen LogP contribution in [-0.2, 0) is 6.42 Å². The molecule has 0 spiro atoms. The van der Waals surface area contributed by atoms with E-state index in [9.17, 15) is 9.90 Å². The molecule has 5 nitrogen and oxygen atoms in total. The first-order valence-electron chi connectivity index (χ1n) is 6.43. The molecule has 1 N–H and O–H groups in total. The van der Waals surface area contributed by atoms with Crippen molar-refractivity contribution in [2.45, 2.75) is 20.3 Å². The summed E-state index contributed by atoms with van der Waals surface area (Å²) in [5.74, 6) is -0.0349. The number of nitrogens with zero attached hydrogens (tertiary/aromatic N) is 3. The first kappa shape index (κ1) is 14.0. The predicted octanol–water partition coefficient (Wildman–Crippen LogP) is 2.33. The van der Waals surface area contributed by atoms with E-state index in [0.29, 0.717) is 29.1 Å². The Hall–Kier alpha value is -2.43. The molecule has 1 amide bonds. The molecule has 0 bridgehead atoms. The number of hydrogen-bond donors (Lipinski definition) is 1. The second kappa shape index (κ2) is 5.69. The van der Waals surface area contributed by atoms with Crippen molar-refractivity contribution in [2.24, 2.45) is 0 Å². The van der Waals surface area contributed by atoms with Crippen LogP contribution in [0, 0.1) is 6.92 Å². The summed E-state index contributed by atoms with van der Waals surface area (Å²) in [5, 5.41) is 17.5. The molecule has 0 fully saturated rings. The second-order valence-electron chi connectivity index (χ2n) is 4.58. The van der Waals surface area contributed by atoms with Gasteiger partial charge >= 0.3 is 0 Å². The zero-order chi connectivity index (χ0) is 14.7. The molecule has 0 radical (unpaired) electrons. The minimum absolute atomic E-state index is 0.127. The molecule has 0 aliphatic rings. The minimum atomic E-state index is -0.162. The minimum Gasteiger partial charge on any atom is -0.508 e. The number of aromatic hydroxyl groups is 1. The highest BCUT2D eigenvalue weighted by Gasteiger charge is 2.18. The molecule has 104 valence electrons. The van der Waals surface area contributed by atoms with Crippen molar-refractivity contribution in [3.63, 3.8) is 0 Å². The zero-order valence-electron chi connectivity index (χ0n) is 11.8. The molecule has 5 heteroatoms. The summed E-state index contributed by atoms with van der Waals surface area (Å²) in [6.45, 7) is 3.74. The second-order valence-corrected chi connectivity index (χ2v) is 4.58. The van der Waals surface area contributed by atoms with Gasteiger partial charge in [0.15, 0.2) is 0 Å². The van der Waals surface area contributed by atoms with E-state index in [-0.39, 0.29) is 11.7 Å². The van der Waals surface area contributed by atoms with Crippen LogP contribution in [0.4, 0.5) is 5.69 Å². The third kappa shape index (κ3) is 2.77. The van der Waals surface area contributed by atoms with E-state index in [2.05, 4.69) is 10.2 Å². The summed E-state index contributed by atoms with van der Waals surface area (Å²) < 4.78 is 0. The van der Waals surface area contributed by atoms with Crippen molar-refractivity contribution < 1.29 is 9.90 Å². The Labute approximate surface area is 117 Å². The highest BCUT2D eigenvalue weighted by Crippen LogP contribution is 2.21. The predicted molar refractivity (Wildman–Crippen MR) is 77.0 cm³/mol. The highest BCUT2D eigenvalue weighted by molar-refractivity contribution is 6.06. The molecule has 2 rings (SSSR count). The molecule has 1 heterocycles. The van der Waals surface area contributed by atoms with Gasteiger partial charge in [0.2, 0.25) is 0 Å². The quantitative estimate of drug-likeness (QED) is 0.930. The number of carbonyl (C=O) groups excluding carboxylic acids is 1. The molecule has 0 atom stereocenters. The van der Waals surface area contributed by atoms with Gasteiger partial charge in [-0.15, -0.1) is 0 Å². The maximum Gasteiger partial charge on any atom is 0.259 e. The van der Waals surface area contributed by atoms with Gasteiger partial charge < -0.3 is 10.0 Å². The molecule has 2 aromatic rings. The monoisotopic (exact) mass is 271 g/mol. The van der Waals surface area contributed by atoms with Gasteiger partial charge in [-0.25, -0.2) is 0 Å². The van der Waals surface area contributed by atoms with E-state index in [1.54, 1.807) is 44.3 Å². The van der Waals surface area contributed by atoms with E-state index < -0.39 is 0 Å². The van der Waals surface area contributed by atoms with Gasteiger partial charge in [0.1, 0.15) is 5.75 Å². The lowest BCUT2D eigenvalue weighted by molar-refractivity contribution is 0.0991. The molecule has 0 saturated carbocycles. The van der Waals surface area contributed by atoms with E-state index in [0.717, 1.165) is 0 Å². The van der Waals surface area contributed by atoms with Gasteiger partial charge in [-0.1, -0.05) is 13.0 Å². The van der Waals surface area contributed by atoms with Gasteiger partial charge in [-0.3, -0.25) is 4.79 Å². The largest absolute Gasteiger partial charge is 0.508 e. The van der Waals surface area contributed by atoms with Crippen LogP contribution in [0.3, 0.4) is 0 Å². The van der Waals surface area contributed by atoms with E-state index >= 15 is 0 Å². The number of hydrogen-bond acceptors (Lipinski definition) is 4. The number of aromatic nitrogens is 2. The van der Waals surface area contributed by atoms with Gasteiger partial charge in [0.25, 0.3) is 5.91 Å². The number of aryl methyl sites for hydroxylation is 2. The Morgan fingerprint density at radius 2 is 2.05 bits per heavy atom. The zero-order valence-corrected chi connectivity index (χ0v) is 11.8. The summed E-state index contributed by atoms with van der Waals surface area (Å²) in [5.41, 5.74) is 2.56. The molecule has 1 aromatic heterocycles. The fourth-order valence-corrected chi connectivity index (χ4v) is 1.96. The van der Waals surface area contributed by atoms with Crippen molar-refractivity contribution in [2.75, 3.05) is 11.9 Å². The number of amides is 1. The fraction of sp³-hybridized carbons (Fsp3) is 0.267. The Morgan fingerprint density at radius 3 is 2.70 bits per heavy atom. The first-order valence-corrected chi connectivity index (χ1v) is 6.43. The topological polar surface area (TPSA) is 66.3 Å². The van der Waals surface area contributed by atoms with Crippen molar-refractivity contribution >= 4 is 11.6 Å². The molecule has 0 aliphatic carbocycles. The van der Waals surface area contributed by atoms with Gasteiger partial charge in [-0.2, -0.15) is 10.2 Å². The van der Waals surface area contributed by atoms with Crippen molar-refractivity contribution in [1.82, 2.24) is 10.2 Å². The summed E-state index contributed by atoms with van der Waals surface area (Å²) in [6.07, 6.45) is 0.641. The van der Waals surface area contributed by atoms with Crippen LogP contribution in [0.2, 0.25) is 0 Å². The summed E-state index contributed by atoms with van der Waals surface area (Å²) in [6, 6.07) is 8.33. The number of benzene rings is 1. The lowest BCUT2D eigenvalue weighted by Crippen LogP contribution is -2.27. The van der Waals surface area contributed by atoms with Crippen LogP contribution in [0.25, 0.3) is 0 Å². The molecule has 20 heavy (non-hydrogen) atoms. The molecule has 0 saturated heterocycles. The number of phenols is 1. The van der Waals surface area contributed by atoms with Gasteiger partial charge in [0, 0.05) is 18.8 Å². The summed E-state index contributed by atoms with van der Waals surface area (Å²) in [7, 11) is 1.67. The van der Waals surface area contributed by atoms with E-state index in [1.165, 1.54) is 4.90 Å². The van der Waals surface area contributed by atoms with Gasteiger partial charge in [0.05, 0.1) is 17.0 Å². The van der Waals surface area contributed by atoms with Crippen LogP contribution in [0.5, 0.6) is 5.75 Å². The number of rotatable bonds is 3. The highest BCUT2D eigenvalue weighted by atomic mass is 16.3. The number of phenolic OH excluding ortho intramolecular Hbond substituents is 1. The van der Waals surface area contributed by atoms with Crippen molar-refractivity contribution in [3.05, 3.63) is 47.3 Å². The van der Waals surface area contributed by atoms with Crippen LogP contribution in [0.1, 0.15) is 28.7 Å². The normalized spacial score (nSPS) is 10.3. The average molecular weight is 271 g/mol. The molecule has 1 aromatic carbocycles. The summed E-state index contributed by atoms with van der Waals surface area (Å²) >= 11 is 0. The Bertz CT molecular complexity index is 641. The smallest absolute Gasteiger partial charge is 0.259 e. The SMILES string of the molecule is CCc1nnc(C)cc1C(=O)N(C)c1cccc(O)c1. The van der Waals surface area contributed by atoms with Crippen LogP contribution in [-0.4, -0.2) is 28.3 Å². The van der Waals surface area contributed by atoms with E-state index in [1.807, 2.05) is 6.92 Å². The van der Waals surface area contributed by atoms with Crippen LogP contribution in [0.15, 0.2) is 30.3 Å². The van der Waals surface area contributed by atoms with Crippen molar-refractivity contribution in [1.29, 1.82) is 0 Å². The number of carbonyl (C=O) groups is 1. The molecular weight excluding hydrogens is 254 g/mol. The number of anilines is 1. The molecule has 0 aliphatic heterocycles. The third-order valence-electron chi connectivity index (χ3n) is 3.08. The van der Waals surface area contributed by atoms with Crippen molar-refractivity contribution in [3.8, 4) is 5.75 Å². The Kier molecular flexibility index (Phi) is 3.98.